The van der Waals surface area contributed by atoms with Gasteiger partial charge in [-0.05, 0) is 33.1 Å². The van der Waals surface area contributed by atoms with E-state index in [9.17, 15) is 26.4 Å². The Morgan fingerprint density at radius 2 is 1.87 bits per heavy atom. The number of nitrogens with one attached hydrogen (secondary N) is 1. The third kappa shape index (κ3) is 4.46. The maximum atomic E-state index is 14.0. The van der Waals surface area contributed by atoms with Crippen LogP contribution in [0, 0.1) is 0 Å². The number of carbonyl (C=O) groups excluding carboxylic acids is 1. The molecule has 1 amide bonds. The number of piperidine rings is 1. The summed E-state index contributed by atoms with van der Waals surface area (Å²) in [6.45, 7) is 4.57. The Bertz CT molecular complexity index is 804. The molecule has 4 fully saturated rings. The zero-order valence-corrected chi connectivity index (χ0v) is 18.7. The summed E-state index contributed by atoms with van der Waals surface area (Å²) < 4.78 is 73.2. The number of ether oxygens (including phenoxy) is 1. The fourth-order valence-corrected chi connectivity index (χ4v) is 6.91. The van der Waals surface area contributed by atoms with Gasteiger partial charge in [0.05, 0.1) is 24.1 Å². The monoisotopic (exact) mass is 468 g/mol. The molecule has 1 N–H and O–H groups in total. The third-order valence-electron chi connectivity index (χ3n) is 7.21. The Balaban J connectivity index is 1.52. The van der Waals surface area contributed by atoms with Crippen LogP contribution in [0.15, 0.2) is 0 Å². The molecular formula is C19H31F3N4O4S. The van der Waals surface area contributed by atoms with E-state index in [1.165, 1.54) is 4.90 Å². The van der Waals surface area contributed by atoms with Crippen molar-refractivity contribution in [3.63, 3.8) is 0 Å². The van der Waals surface area contributed by atoms with Crippen LogP contribution in [0.5, 0.6) is 0 Å². The topological polar surface area (TPSA) is 82.2 Å². The SMILES string of the molecule is C[C@@H]1COCCN1C1CC(=O)NC(N2CCN(S(=O)(=O)C3(C)CC3)CC2C(F)(F)F)C1. The highest BCUT2D eigenvalue weighted by atomic mass is 32.2. The smallest absolute Gasteiger partial charge is 0.379 e. The van der Waals surface area contributed by atoms with Crippen LogP contribution in [0.4, 0.5) is 13.2 Å². The molecule has 8 nitrogen and oxygen atoms in total. The van der Waals surface area contributed by atoms with Crippen molar-refractivity contribution in [1.29, 1.82) is 0 Å². The molecule has 0 aromatic rings. The van der Waals surface area contributed by atoms with Crippen molar-refractivity contribution >= 4 is 15.9 Å². The van der Waals surface area contributed by atoms with E-state index in [4.69, 9.17) is 4.74 Å². The Hall–Kier alpha value is -0.950. The average Bonchev–Trinajstić information content (AvgIpc) is 3.46. The first-order chi connectivity index (χ1) is 14.4. The minimum Gasteiger partial charge on any atom is -0.379 e. The highest BCUT2D eigenvalue weighted by Gasteiger charge is 2.57. The van der Waals surface area contributed by atoms with Crippen LogP contribution in [0.25, 0.3) is 0 Å². The fraction of sp³-hybridized carbons (Fsp3) is 0.947. The number of hydrogen-bond acceptors (Lipinski definition) is 6. The van der Waals surface area contributed by atoms with E-state index in [0.29, 0.717) is 39.0 Å². The highest BCUT2D eigenvalue weighted by Crippen LogP contribution is 2.45. The molecule has 0 aromatic heterocycles. The Labute approximate surface area is 181 Å². The van der Waals surface area contributed by atoms with Crippen LogP contribution in [-0.4, -0.2) is 103 Å². The van der Waals surface area contributed by atoms with E-state index in [0.717, 1.165) is 4.31 Å². The summed E-state index contributed by atoms with van der Waals surface area (Å²) in [5.74, 6) is -0.276. The number of alkyl halides is 3. The van der Waals surface area contributed by atoms with Crippen molar-refractivity contribution in [3.05, 3.63) is 0 Å². The first kappa shape index (κ1) is 23.2. The van der Waals surface area contributed by atoms with E-state index in [-0.39, 0.29) is 37.5 Å². The molecule has 4 aliphatic rings. The van der Waals surface area contributed by atoms with E-state index < -0.39 is 39.7 Å². The molecule has 0 radical (unpaired) electrons. The molecule has 3 saturated heterocycles. The van der Waals surface area contributed by atoms with Gasteiger partial charge in [-0.15, -0.1) is 0 Å². The standard InChI is InChI=1S/C19H31F3N4O4S/c1-13-12-30-8-7-25(13)14-9-16(23-17(27)10-14)26-6-5-24(11-15(26)19(20,21)22)31(28,29)18(2)3-4-18/h13-16H,3-12H2,1-2H3,(H,23,27)/t13-,14?,15?,16?/m1/s1. The number of hydrogen-bond donors (Lipinski definition) is 1. The van der Waals surface area contributed by atoms with Gasteiger partial charge in [-0.25, -0.2) is 8.42 Å². The quantitative estimate of drug-likeness (QED) is 0.656. The van der Waals surface area contributed by atoms with Crippen LogP contribution >= 0.6 is 0 Å². The minimum atomic E-state index is -4.61. The van der Waals surface area contributed by atoms with Crippen LogP contribution in [0.1, 0.15) is 39.5 Å². The summed E-state index contributed by atoms with van der Waals surface area (Å²) in [6.07, 6.45) is -3.83. The number of morpholine rings is 1. The molecule has 4 atom stereocenters. The minimum absolute atomic E-state index is 0.00447. The van der Waals surface area contributed by atoms with Crippen LogP contribution in [-0.2, 0) is 19.6 Å². The van der Waals surface area contributed by atoms with E-state index in [1.807, 2.05) is 6.92 Å². The van der Waals surface area contributed by atoms with E-state index in [2.05, 4.69) is 10.2 Å². The van der Waals surface area contributed by atoms with E-state index >= 15 is 0 Å². The number of rotatable bonds is 4. The molecule has 4 rings (SSSR count). The first-order valence-corrected chi connectivity index (χ1v) is 12.3. The fourth-order valence-electron chi connectivity index (χ4n) is 5.01. The normalized spacial score (nSPS) is 36.2. The molecule has 12 heteroatoms. The molecule has 3 aliphatic heterocycles. The molecule has 3 heterocycles. The number of halogens is 3. The lowest BCUT2D eigenvalue weighted by atomic mass is 9.97. The molecule has 3 unspecified atom stereocenters. The van der Waals surface area contributed by atoms with Crippen molar-refractivity contribution in [2.75, 3.05) is 39.4 Å². The van der Waals surface area contributed by atoms with Gasteiger partial charge in [0.2, 0.25) is 15.9 Å². The molecule has 1 aliphatic carbocycles. The Morgan fingerprint density at radius 3 is 2.48 bits per heavy atom. The van der Waals surface area contributed by atoms with Crippen LogP contribution < -0.4 is 5.32 Å². The lowest BCUT2D eigenvalue weighted by Gasteiger charge is -2.49. The second-order valence-corrected chi connectivity index (χ2v) is 11.9. The van der Waals surface area contributed by atoms with Gasteiger partial charge in [0.15, 0.2) is 0 Å². The number of nitrogens with zero attached hydrogens (tertiary/aromatic N) is 3. The molecule has 0 aromatic carbocycles. The van der Waals surface area contributed by atoms with Gasteiger partial charge in [-0.3, -0.25) is 14.6 Å². The van der Waals surface area contributed by atoms with Gasteiger partial charge in [-0.2, -0.15) is 17.5 Å². The van der Waals surface area contributed by atoms with Gasteiger partial charge < -0.3 is 10.1 Å². The maximum absolute atomic E-state index is 14.0. The first-order valence-electron chi connectivity index (χ1n) is 10.9. The third-order valence-corrected chi connectivity index (χ3v) is 9.88. The van der Waals surface area contributed by atoms with Gasteiger partial charge >= 0.3 is 6.18 Å². The van der Waals surface area contributed by atoms with Crippen molar-refractivity contribution in [2.24, 2.45) is 0 Å². The van der Waals surface area contributed by atoms with Crippen molar-refractivity contribution < 1.29 is 31.1 Å². The molecule has 1 saturated carbocycles. The van der Waals surface area contributed by atoms with Crippen LogP contribution in [0.3, 0.4) is 0 Å². The molecule has 0 bridgehead atoms. The lowest BCUT2D eigenvalue weighted by Crippen LogP contribution is -2.68. The zero-order chi connectivity index (χ0) is 22.6. The largest absolute Gasteiger partial charge is 0.405 e. The summed E-state index contributed by atoms with van der Waals surface area (Å²) in [6, 6.07) is -2.03. The van der Waals surface area contributed by atoms with Crippen molar-refractivity contribution in [3.8, 4) is 0 Å². The van der Waals surface area contributed by atoms with Gasteiger partial charge in [0, 0.05) is 44.7 Å². The summed E-state index contributed by atoms with van der Waals surface area (Å²) in [5, 5.41) is 2.73. The molecule has 31 heavy (non-hydrogen) atoms. The van der Waals surface area contributed by atoms with E-state index in [1.54, 1.807) is 6.92 Å². The number of amides is 1. The van der Waals surface area contributed by atoms with Gasteiger partial charge in [-0.1, -0.05) is 0 Å². The number of piperazine rings is 1. The maximum Gasteiger partial charge on any atom is 0.405 e. The molecular weight excluding hydrogens is 437 g/mol. The Kier molecular flexibility index (Phi) is 6.08. The van der Waals surface area contributed by atoms with Gasteiger partial charge in [0.1, 0.15) is 6.04 Å². The second-order valence-electron chi connectivity index (χ2n) is 9.45. The zero-order valence-electron chi connectivity index (χ0n) is 17.9. The number of sulfonamides is 1. The summed E-state index contributed by atoms with van der Waals surface area (Å²) in [5.41, 5.74) is 0. The molecule has 0 spiro atoms. The Morgan fingerprint density at radius 1 is 1.16 bits per heavy atom. The predicted molar refractivity (Wildman–Crippen MR) is 107 cm³/mol. The van der Waals surface area contributed by atoms with Crippen molar-refractivity contribution in [1.82, 2.24) is 19.4 Å². The lowest BCUT2D eigenvalue weighted by molar-refractivity contribution is -0.204. The molecule has 178 valence electrons. The van der Waals surface area contributed by atoms with Gasteiger partial charge in [0.25, 0.3) is 0 Å². The highest BCUT2D eigenvalue weighted by molar-refractivity contribution is 7.90. The van der Waals surface area contributed by atoms with Crippen LogP contribution in [0.2, 0.25) is 0 Å². The van der Waals surface area contributed by atoms with Crippen molar-refractivity contribution in [2.45, 2.75) is 74.7 Å². The summed E-state index contributed by atoms with van der Waals surface area (Å²) in [7, 11) is -3.78. The second kappa shape index (κ2) is 8.12. The summed E-state index contributed by atoms with van der Waals surface area (Å²) in [4.78, 5) is 15.8. The summed E-state index contributed by atoms with van der Waals surface area (Å²) >= 11 is 0. The average molecular weight is 469 g/mol. The number of carbonyl (C=O) groups is 1. The predicted octanol–water partition coefficient (Wildman–Crippen LogP) is 0.743.